The summed E-state index contributed by atoms with van der Waals surface area (Å²) in [4.78, 5) is 11.2. The Balaban J connectivity index is 1.78. The van der Waals surface area contributed by atoms with E-state index in [-0.39, 0.29) is 11.8 Å². The van der Waals surface area contributed by atoms with Gasteiger partial charge in [0, 0.05) is 11.5 Å². The van der Waals surface area contributed by atoms with Crippen LogP contribution in [0.2, 0.25) is 0 Å². The van der Waals surface area contributed by atoms with E-state index >= 15 is 0 Å². The van der Waals surface area contributed by atoms with E-state index in [0.717, 1.165) is 13.1 Å². The monoisotopic (exact) mass is 326 g/mol. The Kier molecular flexibility index (Phi) is 2.93. The van der Waals surface area contributed by atoms with Crippen LogP contribution in [0.25, 0.3) is 5.65 Å². The Morgan fingerprint density at radius 3 is 2.65 bits per heavy atom. The average Bonchev–Trinajstić information content (AvgIpc) is 2.89. The quantitative estimate of drug-likeness (QED) is 0.846. The second-order valence-electron chi connectivity index (χ2n) is 5.97. The lowest BCUT2D eigenvalue weighted by molar-refractivity contribution is -0.190. The van der Waals surface area contributed by atoms with Crippen LogP contribution in [0.15, 0.2) is 12.1 Å². The van der Waals surface area contributed by atoms with Crippen molar-refractivity contribution in [2.45, 2.75) is 19.0 Å². The molecule has 0 amide bonds. The third-order valence-corrected chi connectivity index (χ3v) is 4.55. The Morgan fingerprint density at radius 1 is 1.30 bits per heavy atom. The van der Waals surface area contributed by atoms with Crippen LogP contribution in [0.1, 0.15) is 17.3 Å². The predicted molar refractivity (Wildman–Crippen MR) is 72.0 cm³/mol. The zero-order valence-corrected chi connectivity index (χ0v) is 12.1. The van der Waals surface area contributed by atoms with Crippen molar-refractivity contribution in [2.24, 2.45) is 11.8 Å². The number of carbonyl (C=O) groups is 1. The Hall–Kier alpha value is -2.16. The van der Waals surface area contributed by atoms with Gasteiger partial charge in [-0.05, 0) is 37.9 Å². The van der Waals surface area contributed by atoms with Gasteiger partial charge < -0.3 is 10.1 Å². The summed E-state index contributed by atoms with van der Waals surface area (Å²) in [5.41, 5.74) is 0.786. The average molecular weight is 326 g/mol. The number of hydrogen-bond donors (Lipinski definition) is 1. The number of carbonyl (C=O) groups excluding carboxylic acids is 1. The summed E-state index contributed by atoms with van der Waals surface area (Å²) in [5, 5.41) is 11.4. The van der Waals surface area contributed by atoms with E-state index in [2.05, 4.69) is 20.3 Å². The molecule has 122 valence electrons. The predicted octanol–water partition coefficient (Wildman–Crippen LogP) is 1.44. The summed E-state index contributed by atoms with van der Waals surface area (Å²) >= 11 is 0. The molecule has 4 rings (SSSR count). The van der Waals surface area contributed by atoms with E-state index in [4.69, 9.17) is 0 Å². The SMILES string of the molecule is Cc1ccc2nnc(C3C4CNCC43)n2c1OC(=O)C(F)(F)F. The maximum Gasteiger partial charge on any atom is 0.491 e. The number of nitrogens with zero attached hydrogens (tertiary/aromatic N) is 3. The molecular formula is C14H13F3N4O2. The molecule has 1 saturated heterocycles. The zero-order chi connectivity index (χ0) is 16.4. The van der Waals surface area contributed by atoms with Crippen molar-refractivity contribution < 1.29 is 22.7 Å². The number of aromatic nitrogens is 3. The molecule has 23 heavy (non-hydrogen) atoms. The Morgan fingerprint density at radius 2 is 2.00 bits per heavy atom. The van der Waals surface area contributed by atoms with E-state index in [0.29, 0.717) is 28.9 Å². The Labute approximate surface area is 128 Å². The highest BCUT2D eigenvalue weighted by molar-refractivity contribution is 5.78. The number of halogens is 3. The highest BCUT2D eigenvalue weighted by Gasteiger charge is 2.56. The van der Waals surface area contributed by atoms with Crippen LogP contribution in [-0.2, 0) is 4.79 Å². The number of aryl methyl sites for hydroxylation is 1. The number of fused-ring (bicyclic) bond motifs is 2. The van der Waals surface area contributed by atoms with E-state index in [1.165, 1.54) is 4.40 Å². The van der Waals surface area contributed by atoms with Gasteiger partial charge in [0.25, 0.3) is 0 Å². The second kappa shape index (κ2) is 4.67. The molecule has 0 radical (unpaired) electrons. The van der Waals surface area contributed by atoms with E-state index in [1.807, 2.05) is 0 Å². The highest BCUT2D eigenvalue weighted by Crippen LogP contribution is 2.55. The van der Waals surface area contributed by atoms with Gasteiger partial charge in [-0.3, -0.25) is 0 Å². The molecule has 1 N–H and O–H groups in total. The van der Waals surface area contributed by atoms with Gasteiger partial charge in [0.1, 0.15) is 5.82 Å². The molecule has 0 bridgehead atoms. The third kappa shape index (κ3) is 2.18. The first-order valence-electron chi connectivity index (χ1n) is 7.22. The molecule has 2 fully saturated rings. The minimum Gasteiger partial charge on any atom is -0.402 e. The van der Waals surface area contributed by atoms with Crippen LogP contribution in [0.3, 0.4) is 0 Å². The smallest absolute Gasteiger partial charge is 0.402 e. The van der Waals surface area contributed by atoms with Gasteiger partial charge in [-0.25, -0.2) is 9.20 Å². The normalized spacial score (nSPS) is 26.3. The standard InChI is InChI=1S/C14H13F3N4O2/c1-6-2-3-9-19-20-11(10-7-4-18-5-8(7)10)21(9)12(6)23-13(22)14(15,16)17/h2-3,7-8,10,18H,4-5H2,1H3. The molecule has 2 aromatic rings. The fourth-order valence-electron chi connectivity index (χ4n) is 3.36. The molecule has 2 atom stereocenters. The molecule has 6 nitrogen and oxygen atoms in total. The first-order chi connectivity index (χ1) is 10.9. The molecule has 2 aliphatic rings. The van der Waals surface area contributed by atoms with Gasteiger partial charge in [0.15, 0.2) is 5.65 Å². The van der Waals surface area contributed by atoms with Gasteiger partial charge in [-0.2, -0.15) is 13.2 Å². The lowest BCUT2D eigenvalue weighted by atomic mass is 10.2. The number of hydrogen-bond acceptors (Lipinski definition) is 5. The topological polar surface area (TPSA) is 68.5 Å². The number of alkyl halides is 3. The summed E-state index contributed by atoms with van der Waals surface area (Å²) in [6.07, 6.45) is -5.05. The lowest BCUT2D eigenvalue weighted by Gasteiger charge is -2.12. The zero-order valence-electron chi connectivity index (χ0n) is 12.1. The number of ether oxygens (including phenoxy) is 1. The van der Waals surface area contributed by atoms with Crippen LogP contribution in [-0.4, -0.2) is 39.8 Å². The molecule has 1 aliphatic heterocycles. The van der Waals surface area contributed by atoms with Crippen molar-refractivity contribution in [1.29, 1.82) is 0 Å². The highest BCUT2D eigenvalue weighted by atomic mass is 19.4. The van der Waals surface area contributed by atoms with Gasteiger partial charge in [-0.1, -0.05) is 6.07 Å². The molecule has 2 aromatic heterocycles. The van der Waals surface area contributed by atoms with Crippen molar-refractivity contribution in [3.8, 4) is 5.88 Å². The molecule has 0 spiro atoms. The fourth-order valence-corrected chi connectivity index (χ4v) is 3.36. The maximum absolute atomic E-state index is 12.5. The van der Waals surface area contributed by atoms with Crippen LogP contribution in [0, 0.1) is 18.8 Å². The number of nitrogens with one attached hydrogen (secondary N) is 1. The van der Waals surface area contributed by atoms with E-state index in [9.17, 15) is 18.0 Å². The summed E-state index contributed by atoms with van der Waals surface area (Å²) in [5.74, 6) is -0.891. The van der Waals surface area contributed by atoms with Crippen LogP contribution in [0.4, 0.5) is 13.2 Å². The number of pyridine rings is 1. The minimum atomic E-state index is -5.05. The summed E-state index contributed by atoms with van der Waals surface area (Å²) < 4.78 is 43.6. The molecule has 1 saturated carbocycles. The van der Waals surface area contributed by atoms with E-state index < -0.39 is 12.1 Å². The number of rotatable bonds is 2. The van der Waals surface area contributed by atoms with Crippen molar-refractivity contribution in [2.75, 3.05) is 13.1 Å². The second-order valence-corrected chi connectivity index (χ2v) is 5.97. The number of piperidine rings is 1. The number of esters is 1. The van der Waals surface area contributed by atoms with Gasteiger partial charge in [-0.15, -0.1) is 10.2 Å². The van der Waals surface area contributed by atoms with Gasteiger partial charge in [0.2, 0.25) is 5.88 Å². The molecule has 1 aliphatic carbocycles. The molecule has 2 unspecified atom stereocenters. The van der Waals surface area contributed by atoms with Crippen molar-refractivity contribution in [3.05, 3.63) is 23.5 Å². The summed E-state index contributed by atoms with van der Waals surface area (Å²) in [6, 6.07) is 3.20. The van der Waals surface area contributed by atoms with Crippen LogP contribution >= 0.6 is 0 Å². The first-order valence-corrected chi connectivity index (χ1v) is 7.22. The first kappa shape index (κ1) is 14.4. The van der Waals surface area contributed by atoms with Gasteiger partial charge in [0.05, 0.1) is 0 Å². The molecular weight excluding hydrogens is 313 g/mol. The van der Waals surface area contributed by atoms with Crippen LogP contribution < -0.4 is 10.1 Å². The van der Waals surface area contributed by atoms with E-state index in [1.54, 1.807) is 19.1 Å². The summed E-state index contributed by atoms with van der Waals surface area (Å²) in [7, 11) is 0. The minimum absolute atomic E-state index is 0.136. The van der Waals surface area contributed by atoms with Crippen molar-refractivity contribution in [3.63, 3.8) is 0 Å². The molecule has 9 heteroatoms. The van der Waals surface area contributed by atoms with Crippen LogP contribution in [0.5, 0.6) is 5.88 Å². The fraction of sp³-hybridized carbons (Fsp3) is 0.500. The van der Waals surface area contributed by atoms with Gasteiger partial charge >= 0.3 is 12.1 Å². The molecule has 0 aromatic carbocycles. The Bertz CT molecular complexity index is 791. The third-order valence-electron chi connectivity index (χ3n) is 4.55. The maximum atomic E-state index is 12.5. The summed E-state index contributed by atoms with van der Waals surface area (Å²) in [6.45, 7) is 3.29. The molecule has 3 heterocycles. The van der Waals surface area contributed by atoms with Crippen molar-refractivity contribution >= 4 is 11.6 Å². The lowest BCUT2D eigenvalue weighted by Crippen LogP contribution is -2.29. The largest absolute Gasteiger partial charge is 0.491 e. The van der Waals surface area contributed by atoms with Crippen molar-refractivity contribution in [1.82, 2.24) is 19.9 Å².